The Kier molecular flexibility index (Phi) is 19.9. The van der Waals surface area contributed by atoms with Gasteiger partial charge in [-0.3, -0.25) is 0 Å². The van der Waals surface area contributed by atoms with Crippen molar-refractivity contribution in [2.75, 3.05) is 66.2 Å². The standard InChI is InChI=1S/C17H39NO5P2/c1-19-16(20-2)13-24-11-5-7-15(23-10-6-9-18)8-12-25-14-17(21-3)22-4/h15-17,24-25H,5-14,18H2,1-4H3. The second kappa shape index (κ2) is 19.4. The molecule has 0 heterocycles. The molecule has 6 nitrogen and oxygen atoms in total. The van der Waals surface area contributed by atoms with Crippen LogP contribution >= 0.6 is 17.2 Å². The molecule has 0 spiro atoms. The number of hydrogen-bond acceptors (Lipinski definition) is 6. The number of rotatable bonds is 19. The largest absolute Gasteiger partial charge is 0.378 e. The molecule has 3 unspecified atom stereocenters. The Balaban J connectivity index is 3.91. The second-order valence-electron chi connectivity index (χ2n) is 5.78. The highest BCUT2D eigenvalue weighted by Crippen LogP contribution is 2.21. The van der Waals surface area contributed by atoms with Crippen molar-refractivity contribution >= 4 is 17.2 Å². The maximum Gasteiger partial charge on any atom is 0.160 e. The Hall–Kier alpha value is 0.620. The first-order valence-electron chi connectivity index (χ1n) is 9.06. The highest BCUT2D eigenvalue weighted by molar-refractivity contribution is 7.38. The molecule has 0 aromatic rings. The summed E-state index contributed by atoms with van der Waals surface area (Å²) in [5.41, 5.74) is 5.57. The van der Waals surface area contributed by atoms with Gasteiger partial charge in [-0.1, -0.05) is 0 Å². The number of nitrogens with two attached hydrogens (primary N) is 1. The first-order valence-corrected chi connectivity index (χ1v) is 11.9. The zero-order chi connectivity index (χ0) is 18.8. The van der Waals surface area contributed by atoms with Gasteiger partial charge in [0.25, 0.3) is 0 Å². The van der Waals surface area contributed by atoms with E-state index in [0.29, 0.717) is 12.6 Å². The van der Waals surface area contributed by atoms with E-state index in [4.69, 9.17) is 29.4 Å². The summed E-state index contributed by atoms with van der Waals surface area (Å²) in [5.74, 6) is 0. The van der Waals surface area contributed by atoms with E-state index in [9.17, 15) is 0 Å². The van der Waals surface area contributed by atoms with Crippen LogP contribution in [0.2, 0.25) is 0 Å². The van der Waals surface area contributed by atoms with Crippen molar-refractivity contribution in [3.05, 3.63) is 0 Å². The average Bonchev–Trinajstić information content (AvgIpc) is 2.64. The van der Waals surface area contributed by atoms with Crippen LogP contribution in [0.25, 0.3) is 0 Å². The van der Waals surface area contributed by atoms with Gasteiger partial charge in [0.2, 0.25) is 0 Å². The minimum absolute atomic E-state index is 0.0642. The predicted molar refractivity (Wildman–Crippen MR) is 109 cm³/mol. The van der Waals surface area contributed by atoms with Gasteiger partial charge in [-0.05, 0) is 44.6 Å². The molecule has 0 rings (SSSR count). The fourth-order valence-corrected chi connectivity index (χ4v) is 4.85. The van der Waals surface area contributed by atoms with E-state index in [-0.39, 0.29) is 12.6 Å². The van der Waals surface area contributed by atoms with Gasteiger partial charge in [0.05, 0.1) is 6.10 Å². The summed E-state index contributed by atoms with van der Waals surface area (Å²) >= 11 is 0. The molecule has 2 N–H and O–H groups in total. The molecule has 8 heteroatoms. The number of methoxy groups -OCH3 is 4. The van der Waals surface area contributed by atoms with Crippen LogP contribution in [0.1, 0.15) is 25.7 Å². The summed E-state index contributed by atoms with van der Waals surface area (Å²) in [6, 6.07) is 0. The van der Waals surface area contributed by atoms with Crippen LogP contribution in [0.5, 0.6) is 0 Å². The van der Waals surface area contributed by atoms with Crippen molar-refractivity contribution in [1.29, 1.82) is 0 Å². The molecule has 0 aromatic heterocycles. The van der Waals surface area contributed by atoms with E-state index in [1.165, 1.54) is 12.6 Å². The summed E-state index contributed by atoms with van der Waals surface area (Å²) in [5, 5.41) is 0. The van der Waals surface area contributed by atoms with Gasteiger partial charge in [0.15, 0.2) is 12.6 Å². The molecule has 152 valence electrons. The molecular weight excluding hydrogens is 360 g/mol. The van der Waals surface area contributed by atoms with Crippen LogP contribution in [0.3, 0.4) is 0 Å². The first-order chi connectivity index (χ1) is 12.2. The normalized spacial score (nSPS) is 14.0. The van der Waals surface area contributed by atoms with Crippen molar-refractivity contribution in [2.24, 2.45) is 5.73 Å². The summed E-state index contributed by atoms with van der Waals surface area (Å²) in [7, 11) is 8.48. The molecular formula is C17H39NO5P2. The Morgan fingerprint density at radius 1 is 0.760 bits per heavy atom. The van der Waals surface area contributed by atoms with E-state index in [0.717, 1.165) is 61.5 Å². The van der Waals surface area contributed by atoms with E-state index < -0.39 is 0 Å². The van der Waals surface area contributed by atoms with E-state index in [1.807, 2.05) is 0 Å². The summed E-state index contributed by atoms with van der Waals surface area (Å²) in [6.45, 7) is 1.45. The van der Waals surface area contributed by atoms with Crippen molar-refractivity contribution in [3.63, 3.8) is 0 Å². The van der Waals surface area contributed by atoms with Crippen LogP contribution < -0.4 is 5.73 Å². The molecule has 0 aromatic carbocycles. The quantitative estimate of drug-likeness (QED) is 0.204. The molecule has 0 saturated heterocycles. The summed E-state index contributed by atoms with van der Waals surface area (Å²) < 4.78 is 26.9. The van der Waals surface area contributed by atoms with Gasteiger partial charge in [-0.15, -0.1) is 17.2 Å². The Bertz CT molecular complexity index is 269. The lowest BCUT2D eigenvalue weighted by Gasteiger charge is -2.19. The fraction of sp³-hybridized carbons (Fsp3) is 1.00. The molecule has 0 fully saturated rings. The minimum Gasteiger partial charge on any atom is -0.378 e. The zero-order valence-corrected chi connectivity index (χ0v) is 18.4. The Morgan fingerprint density at radius 2 is 1.32 bits per heavy atom. The monoisotopic (exact) mass is 399 g/mol. The maximum absolute atomic E-state index is 6.03. The minimum atomic E-state index is -0.0781. The average molecular weight is 399 g/mol. The molecule has 25 heavy (non-hydrogen) atoms. The second-order valence-corrected chi connectivity index (χ2v) is 8.59. The SMILES string of the molecule is COC(CPCCCC(CCPCC(OC)OC)OCCCN)OC. The molecule has 0 aliphatic heterocycles. The maximum atomic E-state index is 6.03. The lowest BCUT2D eigenvalue weighted by atomic mass is 10.1. The number of hydrogen-bond donors (Lipinski definition) is 1. The van der Waals surface area contributed by atoms with Gasteiger partial charge in [0.1, 0.15) is 0 Å². The van der Waals surface area contributed by atoms with Gasteiger partial charge in [0, 0.05) is 47.4 Å². The van der Waals surface area contributed by atoms with Crippen molar-refractivity contribution in [3.8, 4) is 0 Å². The van der Waals surface area contributed by atoms with Crippen LogP contribution in [0.15, 0.2) is 0 Å². The van der Waals surface area contributed by atoms with Gasteiger partial charge >= 0.3 is 0 Å². The zero-order valence-electron chi connectivity index (χ0n) is 16.4. The lowest BCUT2D eigenvalue weighted by Crippen LogP contribution is -2.18. The van der Waals surface area contributed by atoms with Crippen molar-refractivity contribution < 1.29 is 23.7 Å². The van der Waals surface area contributed by atoms with Crippen LogP contribution in [-0.2, 0) is 23.7 Å². The topological polar surface area (TPSA) is 72.2 Å². The van der Waals surface area contributed by atoms with Gasteiger partial charge in [-0.2, -0.15) is 0 Å². The fourth-order valence-electron chi connectivity index (χ4n) is 2.33. The number of ether oxygens (including phenoxy) is 5. The highest BCUT2D eigenvalue weighted by atomic mass is 31.1. The van der Waals surface area contributed by atoms with Crippen molar-refractivity contribution in [2.45, 2.75) is 44.4 Å². The van der Waals surface area contributed by atoms with Crippen LogP contribution in [0, 0.1) is 0 Å². The third kappa shape index (κ3) is 15.4. The molecule has 3 atom stereocenters. The summed E-state index contributed by atoms with van der Waals surface area (Å²) in [4.78, 5) is 0. The molecule has 0 aliphatic carbocycles. The van der Waals surface area contributed by atoms with E-state index in [2.05, 4.69) is 0 Å². The predicted octanol–water partition coefficient (Wildman–Crippen LogP) is 2.49. The van der Waals surface area contributed by atoms with Crippen LogP contribution in [-0.4, -0.2) is 84.9 Å². The third-order valence-corrected chi connectivity index (χ3v) is 6.49. The Labute approximate surface area is 157 Å². The first kappa shape index (κ1) is 25.6. The van der Waals surface area contributed by atoms with E-state index in [1.54, 1.807) is 28.4 Å². The van der Waals surface area contributed by atoms with Gasteiger partial charge in [-0.25, -0.2) is 0 Å². The lowest BCUT2D eigenvalue weighted by molar-refractivity contribution is -0.0848. The molecule has 0 bridgehead atoms. The molecule has 0 radical (unpaired) electrons. The highest BCUT2D eigenvalue weighted by Gasteiger charge is 2.11. The van der Waals surface area contributed by atoms with E-state index >= 15 is 0 Å². The summed E-state index contributed by atoms with van der Waals surface area (Å²) in [6.07, 6.45) is 8.83. The van der Waals surface area contributed by atoms with Gasteiger partial charge < -0.3 is 29.4 Å². The molecule has 0 aliphatic rings. The Morgan fingerprint density at radius 3 is 1.84 bits per heavy atom. The van der Waals surface area contributed by atoms with Crippen molar-refractivity contribution in [1.82, 2.24) is 0 Å². The smallest absolute Gasteiger partial charge is 0.160 e. The van der Waals surface area contributed by atoms with Crippen LogP contribution in [0.4, 0.5) is 0 Å². The third-order valence-electron chi connectivity index (χ3n) is 3.90. The molecule has 0 amide bonds. The molecule has 0 saturated carbocycles.